The van der Waals surface area contributed by atoms with Crippen LogP contribution in [0.1, 0.15) is 5.56 Å². The number of nitrogens with zero attached hydrogens (tertiary/aromatic N) is 1. The van der Waals surface area contributed by atoms with Gasteiger partial charge in [0.25, 0.3) is 0 Å². The van der Waals surface area contributed by atoms with Gasteiger partial charge in [-0.25, -0.2) is 12.7 Å². The molecule has 0 aliphatic rings. The van der Waals surface area contributed by atoms with Crippen molar-refractivity contribution in [1.29, 1.82) is 0 Å². The average molecular weight is 333 g/mol. The van der Waals surface area contributed by atoms with Crippen LogP contribution in [0.3, 0.4) is 0 Å². The minimum absolute atomic E-state index is 0.203. The summed E-state index contributed by atoms with van der Waals surface area (Å²) in [6, 6.07) is 17.6. The van der Waals surface area contributed by atoms with Crippen LogP contribution in [0.25, 0.3) is 11.1 Å². The van der Waals surface area contributed by atoms with E-state index in [-0.39, 0.29) is 6.54 Å². The van der Waals surface area contributed by atoms with Crippen molar-refractivity contribution in [3.05, 3.63) is 60.2 Å². The number of ether oxygens (including phenoxy) is 1. The van der Waals surface area contributed by atoms with Crippen LogP contribution in [0.5, 0.6) is 0 Å². The van der Waals surface area contributed by atoms with E-state index in [1.54, 1.807) is 0 Å². The standard InChI is InChI=1S/C17H19NO4S/c1-18(23(20,21)13-17(19)22-2)12-14-8-10-16(11-9-14)15-6-4-3-5-7-15/h3-11H,12-13H2,1-2H3. The molecule has 0 N–H and O–H groups in total. The van der Waals surface area contributed by atoms with Crippen molar-refractivity contribution < 1.29 is 17.9 Å². The Morgan fingerprint density at radius 3 is 2.13 bits per heavy atom. The van der Waals surface area contributed by atoms with E-state index in [1.165, 1.54) is 14.2 Å². The first-order valence-corrected chi connectivity index (χ1v) is 8.68. The molecule has 0 heterocycles. The van der Waals surface area contributed by atoms with E-state index in [4.69, 9.17) is 0 Å². The Labute approximate surface area is 136 Å². The van der Waals surface area contributed by atoms with Crippen LogP contribution in [0.2, 0.25) is 0 Å². The molecule has 0 saturated heterocycles. The van der Waals surface area contributed by atoms with Crippen molar-refractivity contribution in [2.45, 2.75) is 6.54 Å². The largest absolute Gasteiger partial charge is 0.468 e. The van der Waals surface area contributed by atoms with Gasteiger partial charge in [0.2, 0.25) is 10.0 Å². The third-order valence-corrected chi connectivity index (χ3v) is 5.15. The van der Waals surface area contributed by atoms with Gasteiger partial charge in [0, 0.05) is 13.6 Å². The van der Waals surface area contributed by atoms with Crippen LogP contribution in [-0.2, 0) is 26.1 Å². The molecule has 6 heteroatoms. The highest BCUT2D eigenvalue weighted by molar-refractivity contribution is 7.89. The van der Waals surface area contributed by atoms with Crippen LogP contribution in [0.15, 0.2) is 54.6 Å². The molecular weight excluding hydrogens is 314 g/mol. The maximum absolute atomic E-state index is 12.0. The zero-order valence-corrected chi connectivity index (χ0v) is 13.9. The molecular formula is C17H19NO4S. The fourth-order valence-corrected chi connectivity index (χ4v) is 3.09. The number of rotatable bonds is 6. The summed E-state index contributed by atoms with van der Waals surface area (Å²) in [5, 5.41) is 0. The van der Waals surface area contributed by atoms with Crippen LogP contribution in [0, 0.1) is 0 Å². The van der Waals surface area contributed by atoms with Gasteiger partial charge in [-0.2, -0.15) is 0 Å². The lowest BCUT2D eigenvalue weighted by Gasteiger charge is -2.16. The van der Waals surface area contributed by atoms with Crippen molar-refractivity contribution in [1.82, 2.24) is 4.31 Å². The van der Waals surface area contributed by atoms with Crippen LogP contribution < -0.4 is 0 Å². The summed E-state index contributed by atoms with van der Waals surface area (Å²) in [5.74, 6) is -1.42. The fraction of sp³-hybridized carbons (Fsp3) is 0.235. The third kappa shape index (κ3) is 4.64. The second-order valence-corrected chi connectivity index (χ2v) is 7.23. The highest BCUT2D eigenvalue weighted by Gasteiger charge is 2.22. The van der Waals surface area contributed by atoms with Gasteiger partial charge in [-0.15, -0.1) is 0 Å². The molecule has 5 nitrogen and oxygen atoms in total. The Hall–Kier alpha value is -2.18. The summed E-state index contributed by atoms with van der Waals surface area (Å²) in [4.78, 5) is 11.2. The van der Waals surface area contributed by atoms with Crippen molar-refractivity contribution in [3.8, 4) is 11.1 Å². The van der Waals surface area contributed by atoms with Crippen LogP contribution in [0.4, 0.5) is 0 Å². The van der Waals surface area contributed by atoms with E-state index in [9.17, 15) is 13.2 Å². The van der Waals surface area contributed by atoms with Crippen LogP contribution in [-0.4, -0.2) is 38.6 Å². The second kappa shape index (κ2) is 7.39. The summed E-state index contributed by atoms with van der Waals surface area (Å²) in [6.07, 6.45) is 0. The molecule has 0 spiro atoms. The molecule has 2 rings (SSSR count). The number of methoxy groups -OCH3 is 1. The lowest BCUT2D eigenvalue weighted by atomic mass is 10.0. The summed E-state index contributed by atoms with van der Waals surface area (Å²) in [5.41, 5.74) is 3.01. The Kier molecular flexibility index (Phi) is 5.52. The molecule has 0 unspecified atom stereocenters. The van der Waals surface area contributed by atoms with E-state index in [2.05, 4.69) is 4.74 Å². The zero-order chi connectivity index (χ0) is 16.9. The molecule has 0 radical (unpaired) electrons. The minimum atomic E-state index is -3.67. The van der Waals surface area contributed by atoms with Gasteiger partial charge in [-0.05, 0) is 16.7 Å². The van der Waals surface area contributed by atoms with E-state index in [1.807, 2.05) is 54.6 Å². The smallest absolute Gasteiger partial charge is 0.322 e. The normalized spacial score (nSPS) is 11.4. The number of carbonyl (C=O) groups is 1. The minimum Gasteiger partial charge on any atom is -0.468 e. The number of hydrogen-bond donors (Lipinski definition) is 0. The summed E-state index contributed by atoms with van der Waals surface area (Å²) < 4.78 is 29.6. The fourth-order valence-electron chi connectivity index (χ4n) is 2.11. The van der Waals surface area contributed by atoms with Gasteiger partial charge < -0.3 is 4.74 Å². The maximum Gasteiger partial charge on any atom is 0.322 e. The molecule has 0 atom stereocenters. The summed E-state index contributed by atoms with van der Waals surface area (Å²) in [7, 11) is -1.06. The molecule has 0 bridgehead atoms. The number of hydrogen-bond acceptors (Lipinski definition) is 4. The van der Waals surface area contributed by atoms with Gasteiger partial charge in [-0.1, -0.05) is 54.6 Å². The van der Waals surface area contributed by atoms with Gasteiger partial charge in [-0.3, -0.25) is 4.79 Å². The molecule has 122 valence electrons. The molecule has 2 aromatic carbocycles. The van der Waals surface area contributed by atoms with Crippen LogP contribution >= 0.6 is 0 Å². The number of esters is 1. The van der Waals surface area contributed by atoms with Gasteiger partial charge in [0.05, 0.1) is 7.11 Å². The number of benzene rings is 2. The zero-order valence-electron chi connectivity index (χ0n) is 13.1. The monoisotopic (exact) mass is 333 g/mol. The van der Waals surface area contributed by atoms with Crippen molar-refractivity contribution >= 4 is 16.0 Å². The van der Waals surface area contributed by atoms with E-state index >= 15 is 0 Å². The highest BCUT2D eigenvalue weighted by atomic mass is 32.2. The number of sulfonamides is 1. The predicted octanol–water partition coefficient (Wildman–Crippen LogP) is 2.29. The van der Waals surface area contributed by atoms with Gasteiger partial charge in [0.1, 0.15) is 0 Å². The Morgan fingerprint density at radius 1 is 1.00 bits per heavy atom. The quantitative estimate of drug-likeness (QED) is 0.761. The van der Waals surface area contributed by atoms with E-state index < -0.39 is 21.7 Å². The van der Waals surface area contributed by atoms with Crippen molar-refractivity contribution in [3.63, 3.8) is 0 Å². The first-order chi connectivity index (χ1) is 10.9. The average Bonchev–Trinajstić information content (AvgIpc) is 2.55. The predicted molar refractivity (Wildman–Crippen MR) is 89.1 cm³/mol. The number of carbonyl (C=O) groups excluding carboxylic acids is 1. The Bertz CT molecular complexity index is 755. The lowest BCUT2D eigenvalue weighted by Crippen LogP contribution is -2.32. The lowest BCUT2D eigenvalue weighted by molar-refractivity contribution is -0.137. The highest BCUT2D eigenvalue weighted by Crippen LogP contribution is 2.20. The molecule has 0 saturated carbocycles. The topological polar surface area (TPSA) is 63.7 Å². The summed E-state index contributed by atoms with van der Waals surface area (Å²) in [6.45, 7) is 0.203. The molecule has 0 aliphatic heterocycles. The van der Waals surface area contributed by atoms with Gasteiger partial charge in [0.15, 0.2) is 5.75 Å². The molecule has 23 heavy (non-hydrogen) atoms. The molecule has 0 aromatic heterocycles. The first-order valence-electron chi connectivity index (χ1n) is 7.07. The third-order valence-electron chi connectivity index (χ3n) is 3.47. The second-order valence-electron chi connectivity index (χ2n) is 5.15. The molecule has 0 fully saturated rings. The molecule has 0 aliphatic carbocycles. The summed E-state index contributed by atoms with van der Waals surface area (Å²) >= 11 is 0. The van der Waals surface area contributed by atoms with Gasteiger partial charge >= 0.3 is 5.97 Å². The first kappa shape index (κ1) is 17.2. The van der Waals surface area contributed by atoms with E-state index in [0.29, 0.717) is 0 Å². The Morgan fingerprint density at radius 2 is 1.57 bits per heavy atom. The SMILES string of the molecule is COC(=O)CS(=O)(=O)N(C)Cc1ccc(-c2ccccc2)cc1. The Balaban J connectivity index is 2.07. The van der Waals surface area contributed by atoms with Crippen molar-refractivity contribution in [2.24, 2.45) is 0 Å². The van der Waals surface area contributed by atoms with E-state index in [0.717, 1.165) is 21.0 Å². The maximum atomic E-state index is 12.0. The molecule has 2 aromatic rings. The van der Waals surface area contributed by atoms with Crippen molar-refractivity contribution in [2.75, 3.05) is 19.9 Å². The molecule has 0 amide bonds.